The molecule has 0 saturated carbocycles. The van der Waals surface area contributed by atoms with E-state index in [9.17, 15) is 8.78 Å². The summed E-state index contributed by atoms with van der Waals surface area (Å²) < 4.78 is 26.6. The molecule has 4 aliphatic rings. The van der Waals surface area contributed by atoms with E-state index in [2.05, 4.69) is 42.7 Å². The fourth-order valence-electron chi connectivity index (χ4n) is 6.23. The first-order chi connectivity index (χ1) is 15.9. The Bertz CT molecular complexity index is 1060. The molecule has 2 aliphatic carbocycles. The van der Waals surface area contributed by atoms with Gasteiger partial charge in [0.2, 0.25) is 0 Å². The number of benzene rings is 2. The molecule has 33 heavy (non-hydrogen) atoms. The molecule has 2 nitrogen and oxygen atoms in total. The molecule has 2 saturated heterocycles. The van der Waals surface area contributed by atoms with Gasteiger partial charge in [-0.3, -0.25) is 9.80 Å². The zero-order chi connectivity index (χ0) is 23.1. The lowest BCUT2D eigenvalue weighted by Gasteiger charge is -2.31. The van der Waals surface area contributed by atoms with Crippen LogP contribution in [0.15, 0.2) is 60.7 Å². The van der Waals surface area contributed by atoms with Gasteiger partial charge in [0, 0.05) is 36.8 Å². The molecule has 0 amide bonds. The van der Waals surface area contributed by atoms with E-state index in [4.69, 9.17) is 0 Å². The van der Waals surface area contributed by atoms with Crippen LogP contribution in [0.1, 0.15) is 44.7 Å². The van der Waals surface area contributed by atoms with Crippen LogP contribution < -0.4 is 0 Å². The summed E-state index contributed by atoms with van der Waals surface area (Å²) in [6.45, 7) is 10.1. The van der Waals surface area contributed by atoms with Crippen molar-refractivity contribution in [1.82, 2.24) is 9.80 Å². The van der Waals surface area contributed by atoms with Crippen molar-refractivity contribution in [1.29, 1.82) is 0 Å². The van der Waals surface area contributed by atoms with Gasteiger partial charge in [-0.05, 0) is 80.0 Å². The third-order valence-corrected chi connectivity index (χ3v) is 7.84. The molecule has 4 atom stereocenters. The van der Waals surface area contributed by atoms with E-state index >= 15 is 0 Å². The van der Waals surface area contributed by atoms with E-state index in [0.717, 1.165) is 18.7 Å². The lowest BCUT2D eigenvalue weighted by molar-refractivity contribution is 0.231. The highest BCUT2D eigenvalue weighted by atomic mass is 19.1. The van der Waals surface area contributed by atoms with Crippen LogP contribution >= 0.6 is 0 Å². The minimum atomic E-state index is -0.154. The highest BCUT2D eigenvalue weighted by Gasteiger charge is 2.40. The van der Waals surface area contributed by atoms with Crippen LogP contribution in [0.3, 0.4) is 0 Å². The molecule has 4 heteroatoms. The monoisotopic (exact) mass is 448 g/mol. The highest BCUT2D eigenvalue weighted by molar-refractivity contribution is 5.73. The molecule has 0 aromatic heterocycles. The summed E-state index contributed by atoms with van der Waals surface area (Å²) in [6, 6.07) is 15.7. The SMILES string of the molecule is CC(C)N1CC2C=C(c3ccc(F)cc3)C1C2.CCN1CC2CC1C=C2c1ccccc1F. The number of likely N-dealkylation sites (tertiary alicyclic amines) is 2. The average Bonchev–Trinajstić information content (AvgIpc) is 3.60. The Morgan fingerprint density at radius 2 is 1.67 bits per heavy atom. The second-order valence-corrected chi connectivity index (χ2v) is 10.1. The van der Waals surface area contributed by atoms with Crippen molar-refractivity contribution in [3.63, 3.8) is 0 Å². The number of likely N-dealkylation sites (N-methyl/N-ethyl adjacent to an activating group) is 1. The Labute approximate surface area is 196 Å². The number of hydrogen-bond donors (Lipinski definition) is 0. The van der Waals surface area contributed by atoms with Crippen molar-refractivity contribution in [2.24, 2.45) is 11.8 Å². The van der Waals surface area contributed by atoms with Crippen LogP contribution in [0, 0.1) is 23.5 Å². The Morgan fingerprint density at radius 1 is 0.909 bits per heavy atom. The maximum absolute atomic E-state index is 13.7. The van der Waals surface area contributed by atoms with Crippen LogP contribution in [-0.2, 0) is 0 Å². The Hall–Kier alpha value is -2.30. The molecule has 0 radical (unpaired) electrons. The fourth-order valence-corrected chi connectivity index (χ4v) is 6.23. The number of nitrogens with zero attached hydrogens (tertiary/aromatic N) is 2. The van der Waals surface area contributed by atoms with Crippen molar-refractivity contribution in [2.75, 3.05) is 19.6 Å². The summed E-state index contributed by atoms with van der Waals surface area (Å²) in [5.74, 6) is 1.01. The van der Waals surface area contributed by atoms with Gasteiger partial charge in [0.15, 0.2) is 0 Å². The lowest BCUT2D eigenvalue weighted by Crippen LogP contribution is -2.37. The summed E-state index contributed by atoms with van der Waals surface area (Å²) in [6.07, 6.45) is 7.06. The molecular formula is C29H34F2N2. The van der Waals surface area contributed by atoms with Crippen molar-refractivity contribution in [3.05, 3.63) is 83.4 Å². The lowest BCUT2D eigenvalue weighted by atomic mass is 9.95. The number of fused-ring (bicyclic) bond motifs is 4. The van der Waals surface area contributed by atoms with Gasteiger partial charge in [-0.15, -0.1) is 0 Å². The zero-order valence-electron chi connectivity index (χ0n) is 19.8. The number of halogens is 2. The number of hydrogen-bond acceptors (Lipinski definition) is 2. The third-order valence-electron chi connectivity index (χ3n) is 7.84. The Balaban J connectivity index is 0.000000139. The molecule has 2 heterocycles. The second-order valence-electron chi connectivity index (χ2n) is 10.1. The highest BCUT2D eigenvalue weighted by Crippen LogP contribution is 2.43. The molecule has 4 bridgehead atoms. The van der Waals surface area contributed by atoms with E-state index < -0.39 is 0 Å². The predicted molar refractivity (Wildman–Crippen MR) is 132 cm³/mol. The first kappa shape index (κ1) is 22.5. The van der Waals surface area contributed by atoms with Crippen LogP contribution in [0.4, 0.5) is 8.78 Å². The Morgan fingerprint density at radius 3 is 2.27 bits per heavy atom. The van der Waals surface area contributed by atoms with E-state index in [1.54, 1.807) is 24.3 Å². The van der Waals surface area contributed by atoms with E-state index in [0.29, 0.717) is 30.0 Å². The van der Waals surface area contributed by atoms with Crippen molar-refractivity contribution in [2.45, 2.75) is 51.7 Å². The van der Waals surface area contributed by atoms with E-state index in [1.807, 2.05) is 24.3 Å². The smallest absolute Gasteiger partial charge is 0.130 e. The molecule has 0 N–H and O–H groups in total. The molecule has 0 spiro atoms. The van der Waals surface area contributed by atoms with Crippen molar-refractivity contribution >= 4 is 11.1 Å². The molecule has 2 aromatic rings. The molecule has 4 unspecified atom stereocenters. The minimum Gasteiger partial charge on any atom is -0.297 e. The fraction of sp³-hybridized carbons (Fsp3) is 0.448. The summed E-state index contributed by atoms with van der Waals surface area (Å²) in [7, 11) is 0. The Kier molecular flexibility index (Phi) is 6.24. The summed E-state index contributed by atoms with van der Waals surface area (Å²) in [5, 5.41) is 0. The van der Waals surface area contributed by atoms with Gasteiger partial charge in [0.05, 0.1) is 0 Å². The third kappa shape index (κ3) is 4.31. The summed E-state index contributed by atoms with van der Waals surface area (Å²) in [5.41, 5.74) is 4.62. The molecule has 2 fully saturated rings. The average molecular weight is 449 g/mol. The first-order valence-corrected chi connectivity index (χ1v) is 12.4. The largest absolute Gasteiger partial charge is 0.297 e. The van der Waals surface area contributed by atoms with Gasteiger partial charge in [0.1, 0.15) is 11.6 Å². The molecule has 174 valence electrons. The van der Waals surface area contributed by atoms with Gasteiger partial charge in [-0.25, -0.2) is 8.78 Å². The quantitative estimate of drug-likeness (QED) is 0.545. The number of rotatable bonds is 4. The van der Waals surface area contributed by atoms with Gasteiger partial charge in [-0.2, -0.15) is 0 Å². The van der Waals surface area contributed by atoms with Crippen LogP contribution in [-0.4, -0.2) is 47.6 Å². The van der Waals surface area contributed by atoms with Gasteiger partial charge in [0.25, 0.3) is 0 Å². The molecule has 2 aliphatic heterocycles. The molecule has 6 rings (SSSR count). The van der Waals surface area contributed by atoms with E-state index in [1.165, 1.54) is 36.1 Å². The maximum atomic E-state index is 13.7. The van der Waals surface area contributed by atoms with E-state index in [-0.39, 0.29) is 11.6 Å². The normalized spacial score (nSPS) is 28.2. The summed E-state index contributed by atoms with van der Waals surface area (Å²) in [4.78, 5) is 5.03. The predicted octanol–water partition coefficient (Wildman–Crippen LogP) is 6.25. The van der Waals surface area contributed by atoms with Crippen molar-refractivity contribution in [3.8, 4) is 0 Å². The zero-order valence-corrected chi connectivity index (χ0v) is 19.8. The standard InChI is InChI=1S/C15H18FN.C14H16FN/c1-10(2)17-9-11-7-14(15(17)8-11)12-3-5-13(16)6-4-12;1-2-16-9-10-7-11(16)8-13(10)12-5-3-4-6-14(12)15/h3-7,10-11,15H,8-9H2,1-2H3;3-6,8,10-11H,2,7,9H2,1H3. The maximum Gasteiger partial charge on any atom is 0.130 e. The van der Waals surface area contributed by atoms with Crippen LogP contribution in [0.2, 0.25) is 0 Å². The second kappa shape index (κ2) is 9.15. The summed E-state index contributed by atoms with van der Waals surface area (Å²) >= 11 is 0. The first-order valence-electron chi connectivity index (χ1n) is 12.4. The molecule has 2 aromatic carbocycles. The van der Waals surface area contributed by atoms with Gasteiger partial charge in [-0.1, -0.05) is 49.4 Å². The molecular weight excluding hydrogens is 414 g/mol. The van der Waals surface area contributed by atoms with Gasteiger partial charge < -0.3 is 0 Å². The van der Waals surface area contributed by atoms with Crippen LogP contribution in [0.25, 0.3) is 11.1 Å². The van der Waals surface area contributed by atoms with Crippen molar-refractivity contribution < 1.29 is 8.78 Å². The van der Waals surface area contributed by atoms with Gasteiger partial charge >= 0.3 is 0 Å². The minimum absolute atomic E-state index is 0.0793. The topological polar surface area (TPSA) is 6.48 Å². The van der Waals surface area contributed by atoms with Crippen LogP contribution in [0.5, 0.6) is 0 Å².